The van der Waals surface area contributed by atoms with Crippen molar-refractivity contribution in [1.29, 1.82) is 0 Å². The van der Waals surface area contributed by atoms with E-state index < -0.39 is 29.7 Å². The van der Waals surface area contributed by atoms with Crippen molar-refractivity contribution < 1.29 is 27.8 Å². The third-order valence-electron chi connectivity index (χ3n) is 6.84. The second-order valence-electron chi connectivity index (χ2n) is 9.20. The molecule has 1 fully saturated rings. The number of methoxy groups -OCH3 is 1. The van der Waals surface area contributed by atoms with Gasteiger partial charge in [-0.15, -0.1) is 11.8 Å². The third kappa shape index (κ3) is 6.89. The molecule has 0 saturated carbocycles. The molecule has 0 spiro atoms. The van der Waals surface area contributed by atoms with Crippen molar-refractivity contribution in [2.45, 2.75) is 30.3 Å². The molecule has 3 aromatic rings. The maximum absolute atomic E-state index is 15.5. The Labute approximate surface area is 223 Å². The van der Waals surface area contributed by atoms with Crippen LogP contribution in [0, 0.1) is 23.5 Å². The average molecular weight is 553 g/mol. The number of aromatic nitrogens is 1. The Kier molecular flexibility index (Phi) is 9.21. The van der Waals surface area contributed by atoms with Crippen LogP contribution >= 0.6 is 23.4 Å². The lowest BCUT2D eigenvalue weighted by Gasteiger charge is -2.36. The first-order chi connectivity index (χ1) is 17.7. The maximum Gasteiger partial charge on any atom is 0.308 e. The number of nitrogens with zero attached hydrogens (tertiary/aromatic N) is 2. The first kappa shape index (κ1) is 27.5. The number of hydrogen-bond acceptors (Lipinski definition) is 5. The number of aliphatic carboxylic acids is 1. The van der Waals surface area contributed by atoms with Gasteiger partial charge in [0.05, 0.1) is 23.6 Å². The highest BCUT2D eigenvalue weighted by atomic mass is 35.5. The summed E-state index contributed by atoms with van der Waals surface area (Å²) in [7, 11) is 1.53. The summed E-state index contributed by atoms with van der Waals surface area (Å²) in [4.78, 5) is 18.9. The number of halogens is 4. The number of carboxylic acids is 1. The van der Waals surface area contributed by atoms with Gasteiger partial charge in [0.15, 0.2) is 0 Å². The third-order valence-corrected chi connectivity index (χ3v) is 8.10. The molecular weight excluding hydrogens is 525 g/mol. The number of benzene rings is 2. The number of alkyl halides is 1. The van der Waals surface area contributed by atoms with Crippen LogP contribution in [0.25, 0.3) is 10.9 Å². The number of fused-ring (bicyclic) bond motifs is 1. The standard InChI is InChI=1S/C27H28ClF3N2O3S/c1-36-19-3-5-25-21(13-19)26(23(28)14-32-25)24(31)4-2-16-6-7-33(15-22(16)27(34)35)8-9-37-20-11-17(29)10-18(30)12-20/h3,5,10-14,16,22,24H,2,4,6-9,15H2,1H3,(H,34,35)/t16?,22?,24-/m1/s1. The molecule has 4 rings (SSSR count). The highest BCUT2D eigenvalue weighted by Crippen LogP contribution is 2.38. The highest BCUT2D eigenvalue weighted by Gasteiger charge is 2.34. The number of carboxylic acid groups (broad SMARTS) is 1. The SMILES string of the molecule is COc1ccc2ncc(Cl)c([C@H](F)CCC3CCN(CCSc4cc(F)cc(F)c4)CC3C(=O)O)c2c1. The number of pyridine rings is 1. The van der Waals surface area contributed by atoms with E-state index in [0.717, 1.165) is 6.07 Å². The molecule has 198 valence electrons. The van der Waals surface area contributed by atoms with Crippen molar-refractivity contribution in [3.63, 3.8) is 0 Å². The second-order valence-corrected chi connectivity index (χ2v) is 10.8. The zero-order chi connectivity index (χ0) is 26.5. The zero-order valence-electron chi connectivity index (χ0n) is 20.3. The summed E-state index contributed by atoms with van der Waals surface area (Å²) >= 11 is 7.66. The molecule has 3 atom stereocenters. The second kappa shape index (κ2) is 12.4. The summed E-state index contributed by atoms with van der Waals surface area (Å²) in [5.41, 5.74) is 0.958. The topological polar surface area (TPSA) is 62.7 Å². The number of thioether (sulfide) groups is 1. The van der Waals surface area contributed by atoms with E-state index in [1.54, 1.807) is 18.2 Å². The molecule has 1 N–H and O–H groups in total. The molecule has 5 nitrogen and oxygen atoms in total. The summed E-state index contributed by atoms with van der Waals surface area (Å²) < 4.78 is 47.6. The molecule has 10 heteroatoms. The minimum absolute atomic E-state index is 0.144. The van der Waals surface area contributed by atoms with Gasteiger partial charge < -0.3 is 14.7 Å². The van der Waals surface area contributed by atoms with Crippen molar-refractivity contribution in [1.82, 2.24) is 9.88 Å². The van der Waals surface area contributed by atoms with Crippen molar-refractivity contribution >= 4 is 40.2 Å². The smallest absolute Gasteiger partial charge is 0.308 e. The zero-order valence-corrected chi connectivity index (χ0v) is 21.9. The number of rotatable bonds is 10. The molecule has 0 aliphatic carbocycles. The van der Waals surface area contributed by atoms with Crippen LogP contribution in [0.15, 0.2) is 47.5 Å². The monoisotopic (exact) mass is 552 g/mol. The molecule has 1 aliphatic rings. The van der Waals surface area contributed by atoms with Gasteiger partial charge in [-0.05, 0) is 62.1 Å². The molecule has 2 heterocycles. The fourth-order valence-corrected chi connectivity index (χ4v) is 6.16. The Morgan fingerprint density at radius 3 is 2.73 bits per heavy atom. The Hall–Kier alpha value is -2.49. The van der Waals surface area contributed by atoms with Crippen LogP contribution in [0.1, 0.15) is 31.0 Å². The summed E-state index contributed by atoms with van der Waals surface area (Å²) in [6.45, 7) is 1.62. The molecule has 37 heavy (non-hydrogen) atoms. The Balaban J connectivity index is 1.36. The molecule has 1 aromatic heterocycles. The molecule has 0 radical (unpaired) electrons. The number of likely N-dealkylation sites (tertiary alicyclic amines) is 1. The molecule has 2 unspecified atom stereocenters. The van der Waals surface area contributed by atoms with E-state index in [9.17, 15) is 18.7 Å². The van der Waals surface area contributed by atoms with E-state index in [0.29, 0.717) is 65.3 Å². The fourth-order valence-electron chi connectivity index (χ4n) is 4.92. The van der Waals surface area contributed by atoms with Gasteiger partial charge in [0.1, 0.15) is 23.6 Å². The van der Waals surface area contributed by atoms with Gasteiger partial charge in [-0.2, -0.15) is 0 Å². The van der Waals surface area contributed by atoms with Crippen molar-refractivity contribution in [3.8, 4) is 5.75 Å². The van der Waals surface area contributed by atoms with Crippen molar-refractivity contribution in [2.75, 3.05) is 32.5 Å². The molecule has 0 bridgehead atoms. The number of piperidine rings is 1. The van der Waals surface area contributed by atoms with E-state index in [2.05, 4.69) is 4.98 Å². The summed E-state index contributed by atoms with van der Waals surface area (Å²) in [6, 6.07) is 8.60. The molecule has 0 amide bonds. The number of hydrogen-bond donors (Lipinski definition) is 1. The van der Waals surface area contributed by atoms with Crippen LogP contribution < -0.4 is 4.74 Å². The number of ether oxygens (including phenoxy) is 1. The lowest BCUT2D eigenvalue weighted by atomic mass is 9.81. The van der Waals surface area contributed by atoms with Gasteiger partial charge in [0, 0.05) is 47.0 Å². The Bertz CT molecular complexity index is 1240. The normalized spacial score (nSPS) is 19.2. The van der Waals surface area contributed by atoms with E-state index in [-0.39, 0.29) is 17.4 Å². The van der Waals surface area contributed by atoms with Crippen LogP contribution in [-0.2, 0) is 4.79 Å². The lowest BCUT2D eigenvalue weighted by molar-refractivity contribution is -0.146. The lowest BCUT2D eigenvalue weighted by Crippen LogP contribution is -2.44. The van der Waals surface area contributed by atoms with Crippen LogP contribution in [-0.4, -0.2) is 53.5 Å². The van der Waals surface area contributed by atoms with Crippen LogP contribution in [0.4, 0.5) is 13.2 Å². The van der Waals surface area contributed by atoms with Gasteiger partial charge in [-0.25, -0.2) is 13.2 Å². The molecule has 1 saturated heterocycles. The molecular formula is C27H28ClF3N2O3S. The predicted octanol–water partition coefficient (Wildman–Crippen LogP) is 6.78. The highest BCUT2D eigenvalue weighted by molar-refractivity contribution is 7.99. The predicted molar refractivity (Wildman–Crippen MR) is 139 cm³/mol. The van der Waals surface area contributed by atoms with Gasteiger partial charge in [-0.1, -0.05) is 11.6 Å². The first-order valence-corrected chi connectivity index (χ1v) is 13.4. The summed E-state index contributed by atoms with van der Waals surface area (Å²) in [6.07, 6.45) is 1.24. The van der Waals surface area contributed by atoms with Crippen LogP contribution in [0.3, 0.4) is 0 Å². The quantitative estimate of drug-likeness (QED) is 0.280. The van der Waals surface area contributed by atoms with E-state index in [1.165, 1.54) is 37.2 Å². The van der Waals surface area contributed by atoms with E-state index >= 15 is 4.39 Å². The number of carbonyl (C=O) groups is 1. The fraction of sp³-hybridized carbons (Fsp3) is 0.407. The maximum atomic E-state index is 15.5. The average Bonchev–Trinajstić information content (AvgIpc) is 2.86. The summed E-state index contributed by atoms with van der Waals surface area (Å²) in [5.74, 6) is -1.79. The van der Waals surface area contributed by atoms with Gasteiger partial charge >= 0.3 is 5.97 Å². The van der Waals surface area contributed by atoms with Gasteiger partial charge in [-0.3, -0.25) is 9.78 Å². The molecule has 2 aromatic carbocycles. The van der Waals surface area contributed by atoms with E-state index in [1.807, 2.05) is 4.90 Å². The van der Waals surface area contributed by atoms with Gasteiger partial charge in [0.2, 0.25) is 0 Å². The minimum atomic E-state index is -1.37. The largest absolute Gasteiger partial charge is 0.497 e. The van der Waals surface area contributed by atoms with E-state index in [4.69, 9.17) is 16.3 Å². The minimum Gasteiger partial charge on any atom is -0.497 e. The Morgan fingerprint density at radius 1 is 1.27 bits per heavy atom. The van der Waals surface area contributed by atoms with Crippen LogP contribution in [0.2, 0.25) is 5.02 Å². The Morgan fingerprint density at radius 2 is 2.03 bits per heavy atom. The molecule has 1 aliphatic heterocycles. The van der Waals surface area contributed by atoms with Gasteiger partial charge in [0.25, 0.3) is 0 Å². The summed E-state index contributed by atoms with van der Waals surface area (Å²) in [5, 5.41) is 10.7. The first-order valence-electron chi connectivity index (χ1n) is 12.1. The van der Waals surface area contributed by atoms with Crippen molar-refractivity contribution in [2.24, 2.45) is 11.8 Å². The van der Waals surface area contributed by atoms with Crippen LogP contribution in [0.5, 0.6) is 5.75 Å². The van der Waals surface area contributed by atoms with Crippen molar-refractivity contribution in [3.05, 3.63) is 64.8 Å².